The quantitative estimate of drug-likeness (QED) is 0.293. The van der Waals surface area contributed by atoms with Gasteiger partial charge in [0.1, 0.15) is 5.82 Å². The van der Waals surface area contributed by atoms with Crippen LogP contribution in [-0.2, 0) is 17.6 Å². The summed E-state index contributed by atoms with van der Waals surface area (Å²) in [5, 5.41) is 7.52. The molecule has 7 heteroatoms. The molecule has 34 heavy (non-hydrogen) atoms. The Morgan fingerprint density at radius 3 is 2.59 bits per heavy atom. The number of benzene rings is 2. The molecule has 0 spiro atoms. The van der Waals surface area contributed by atoms with Crippen LogP contribution in [0, 0.1) is 5.82 Å². The standard InChI is InChI=1S/C27H29FN4O2/c1-32(17-7-3-6-10-23-18-24(31-30-23)20-8-4-2-5-9-20)27(33)16-15-26-29-19-25(34-26)21-11-13-22(28)14-12-21/h2,4-5,8-9,11-14,18-19H,3,6-7,10,15-17H2,1H3,(H,30,31). The van der Waals surface area contributed by atoms with Crippen LogP contribution < -0.4 is 0 Å². The third-order valence-corrected chi connectivity index (χ3v) is 5.80. The molecule has 0 fully saturated rings. The number of halogens is 1. The van der Waals surface area contributed by atoms with Crippen molar-refractivity contribution >= 4 is 5.91 Å². The van der Waals surface area contributed by atoms with Gasteiger partial charge in [-0.15, -0.1) is 0 Å². The summed E-state index contributed by atoms with van der Waals surface area (Å²) in [4.78, 5) is 18.5. The molecule has 176 valence electrons. The molecule has 2 aromatic heterocycles. The third-order valence-electron chi connectivity index (χ3n) is 5.80. The van der Waals surface area contributed by atoms with Crippen molar-refractivity contribution < 1.29 is 13.6 Å². The molecule has 0 aliphatic carbocycles. The fourth-order valence-electron chi connectivity index (χ4n) is 3.79. The topological polar surface area (TPSA) is 75.0 Å². The summed E-state index contributed by atoms with van der Waals surface area (Å²) in [7, 11) is 1.84. The molecule has 6 nitrogen and oxygen atoms in total. The molecule has 0 aliphatic heterocycles. The second kappa shape index (κ2) is 11.4. The SMILES string of the molecule is CN(CCCCCc1cc(-c2ccccc2)n[nH]1)C(=O)CCc1ncc(-c2ccc(F)cc2)o1. The summed E-state index contributed by atoms with van der Waals surface area (Å²) in [5.41, 5.74) is 3.97. The van der Waals surface area contributed by atoms with Gasteiger partial charge in [0.25, 0.3) is 0 Å². The molecule has 2 heterocycles. The number of rotatable bonds is 11. The van der Waals surface area contributed by atoms with E-state index in [1.54, 1.807) is 23.2 Å². The summed E-state index contributed by atoms with van der Waals surface area (Å²) in [6.45, 7) is 0.726. The zero-order valence-corrected chi connectivity index (χ0v) is 19.3. The van der Waals surface area contributed by atoms with E-state index < -0.39 is 0 Å². The maximum Gasteiger partial charge on any atom is 0.222 e. The molecule has 4 aromatic rings. The lowest BCUT2D eigenvalue weighted by molar-refractivity contribution is -0.130. The molecule has 0 bridgehead atoms. The highest BCUT2D eigenvalue weighted by molar-refractivity contribution is 5.76. The van der Waals surface area contributed by atoms with Gasteiger partial charge < -0.3 is 9.32 Å². The monoisotopic (exact) mass is 460 g/mol. The number of oxazole rings is 1. The zero-order valence-electron chi connectivity index (χ0n) is 19.3. The van der Waals surface area contributed by atoms with Crippen molar-refractivity contribution in [2.24, 2.45) is 0 Å². The van der Waals surface area contributed by atoms with E-state index in [1.807, 2.05) is 25.2 Å². The van der Waals surface area contributed by atoms with Gasteiger partial charge in [-0.2, -0.15) is 5.10 Å². The summed E-state index contributed by atoms with van der Waals surface area (Å²) in [6, 6.07) is 18.3. The number of hydrogen-bond acceptors (Lipinski definition) is 4. The highest BCUT2D eigenvalue weighted by Crippen LogP contribution is 2.21. The molecule has 1 amide bonds. The predicted octanol–water partition coefficient (Wildman–Crippen LogP) is 5.67. The van der Waals surface area contributed by atoms with Crippen LogP contribution in [0.5, 0.6) is 0 Å². The van der Waals surface area contributed by atoms with Crippen molar-refractivity contribution in [3.63, 3.8) is 0 Å². The number of carbonyl (C=O) groups excluding carboxylic acids is 1. The molecule has 1 N–H and O–H groups in total. The van der Waals surface area contributed by atoms with Gasteiger partial charge in [0.2, 0.25) is 5.91 Å². The van der Waals surface area contributed by atoms with E-state index in [-0.39, 0.29) is 11.7 Å². The lowest BCUT2D eigenvalue weighted by Gasteiger charge is -2.16. The third kappa shape index (κ3) is 6.41. The van der Waals surface area contributed by atoms with E-state index in [9.17, 15) is 9.18 Å². The Morgan fingerprint density at radius 1 is 1.00 bits per heavy atom. The van der Waals surface area contributed by atoms with Gasteiger partial charge in [0.05, 0.1) is 11.9 Å². The number of aryl methyl sites for hydroxylation is 2. The number of nitrogens with zero attached hydrogens (tertiary/aromatic N) is 3. The van der Waals surface area contributed by atoms with Gasteiger partial charge >= 0.3 is 0 Å². The number of unbranched alkanes of at least 4 members (excludes halogenated alkanes) is 2. The number of hydrogen-bond donors (Lipinski definition) is 1. The first-order valence-corrected chi connectivity index (χ1v) is 11.6. The van der Waals surface area contributed by atoms with Gasteiger partial charge in [-0.1, -0.05) is 36.8 Å². The van der Waals surface area contributed by atoms with Crippen LogP contribution in [0.1, 0.15) is 37.3 Å². The van der Waals surface area contributed by atoms with E-state index in [0.717, 1.165) is 54.7 Å². The lowest BCUT2D eigenvalue weighted by atomic mass is 10.1. The molecule has 2 aromatic carbocycles. The minimum absolute atomic E-state index is 0.0719. The van der Waals surface area contributed by atoms with Crippen LogP contribution in [0.3, 0.4) is 0 Å². The minimum atomic E-state index is -0.296. The molecule has 0 unspecified atom stereocenters. The van der Waals surface area contributed by atoms with Gasteiger partial charge in [-0.25, -0.2) is 9.37 Å². The Morgan fingerprint density at radius 2 is 1.79 bits per heavy atom. The van der Waals surface area contributed by atoms with E-state index in [4.69, 9.17) is 4.42 Å². The normalized spacial score (nSPS) is 11.0. The van der Waals surface area contributed by atoms with Gasteiger partial charge in [-0.3, -0.25) is 9.89 Å². The summed E-state index contributed by atoms with van der Waals surface area (Å²) in [6.07, 6.45) is 6.37. The maximum atomic E-state index is 13.1. The summed E-state index contributed by atoms with van der Waals surface area (Å²) >= 11 is 0. The zero-order chi connectivity index (χ0) is 23.8. The fraction of sp³-hybridized carbons (Fsp3) is 0.296. The second-order valence-electron chi connectivity index (χ2n) is 8.40. The first-order chi connectivity index (χ1) is 16.6. The van der Waals surface area contributed by atoms with E-state index >= 15 is 0 Å². The van der Waals surface area contributed by atoms with Crippen LogP contribution in [0.15, 0.2) is 71.3 Å². The van der Waals surface area contributed by atoms with Crippen LogP contribution in [0.4, 0.5) is 4.39 Å². The first kappa shape index (κ1) is 23.4. The predicted molar refractivity (Wildman–Crippen MR) is 129 cm³/mol. The molecular weight excluding hydrogens is 431 g/mol. The second-order valence-corrected chi connectivity index (χ2v) is 8.40. The number of aromatic nitrogens is 3. The Bertz CT molecular complexity index is 1180. The number of amides is 1. The Balaban J connectivity index is 1.13. The Labute approximate surface area is 198 Å². The molecule has 0 saturated heterocycles. The molecule has 0 atom stereocenters. The summed E-state index contributed by atoms with van der Waals surface area (Å²) < 4.78 is 18.8. The number of aromatic amines is 1. The number of carbonyl (C=O) groups is 1. The maximum absolute atomic E-state index is 13.1. The number of H-pyrrole nitrogens is 1. The smallest absolute Gasteiger partial charge is 0.222 e. The highest BCUT2D eigenvalue weighted by Gasteiger charge is 2.12. The average Bonchev–Trinajstić information content (AvgIpc) is 3.53. The van der Waals surface area contributed by atoms with E-state index in [0.29, 0.717) is 24.5 Å². The van der Waals surface area contributed by atoms with Crippen LogP contribution in [0.2, 0.25) is 0 Å². The van der Waals surface area contributed by atoms with E-state index in [2.05, 4.69) is 33.4 Å². The molecular formula is C27H29FN4O2. The summed E-state index contributed by atoms with van der Waals surface area (Å²) in [5.74, 6) is 0.859. The van der Waals surface area contributed by atoms with Crippen molar-refractivity contribution in [2.75, 3.05) is 13.6 Å². The number of nitrogens with one attached hydrogen (secondary N) is 1. The van der Waals surface area contributed by atoms with Crippen LogP contribution in [-0.4, -0.2) is 39.6 Å². The van der Waals surface area contributed by atoms with Crippen molar-refractivity contribution in [1.82, 2.24) is 20.1 Å². The molecule has 4 rings (SSSR count). The van der Waals surface area contributed by atoms with Crippen molar-refractivity contribution in [3.8, 4) is 22.6 Å². The minimum Gasteiger partial charge on any atom is -0.441 e. The first-order valence-electron chi connectivity index (χ1n) is 11.6. The van der Waals surface area contributed by atoms with Crippen LogP contribution in [0.25, 0.3) is 22.6 Å². The molecule has 0 saturated carbocycles. The van der Waals surface area contributed by atoms with Crippen molar-refractivity contribution in [3.05, 3.63) is 84.3 Å². The largest absolute Gasteiger partial charge is 0.441 e. The van der Waals surface area contributed by atoms with Gasteiger partial charge in [0, 0.05) is 43.3 Å². The van der Waals surface area contributed by atoms with Gasteiger partial charge in [-0.05, 0) is 49.6 Å². The average molecular weight is 461 g/mol. The van der Waals surface area contributed by atoms with Crippen molar-refractivity contribution in [1.29, 1.82) is 0 Å². The van der Waals surface area contributed by atoms with Crippen molar-refractivity contribution in [2.45, 2.75) is 38.5 Å². The Kier molecular flexibility index (Phi) is 7.86. The molecule has 0 radical (unpaired) electrons. The van der Waals surface area contributed by atoms with Crippen LogP contribution >= 0.6 is 0 Å². The lowest BCUT2D eigenvalue weighted by Crippen LogP contribution is -2.27. The molecule has 0 aliphatic rings. The van der Waals surface area contributed by atoms with E-state index in [1.165, 1.54) is 12.1 Å². The highest BCUT2D eigenvalue weighted by atomic mass is 19.1. The Hall–Kier alpha value is -3.74. The van der Waals surface area contributed by atoms with Gasteiger partial charge in [0.15, 0.2) is 11.7 Å². The fourth-order valence-corrected chi connectivity index (χ4v) is 3.79.